The van der Waals surface area contributed by atoms with Crippen LogP contribution in [0.15, 0.2) is 0 Å². The first-order chi connectivity index (χ1) is 6.20. The molecule has 0 heterocycles. The van der Waals surface area contributed by atoms with E-state index in [1.165, 1.54) is 0 Å². The first-order valence-corrected chi connectivity index (χ1v) is 5.03. The third kappa shape index (κ3) is 7.78. The monoisotopic (exact) mass is 206 g/mol. The highest BCUT2D eigenvalue weighted by Crippen LogP contribution is 2.03. The van der Waals surface area contributed by atoms with Gasteiger partial charge < -0.3 is 4.74 Å². The Morgan fingerprint density at radius 1 is 1.15 bits per heavy atom. The highest BCUT2D eigenvalue weighted by Gasteiger charge is 2.07. The molecule has 0 unspecified atom stereocenters. The summed E-state index contributed by atoms with van der Waals surface area (Å²) in [4.78, 5) is 21.4. The molecule has 0 N–H and O–H groups in total. The molecule has 0 rings (SSSR count). The molecule has 0 saturated carbocycles. The molecule has 0 atom stereocenters. The predicted molar refractivity (Wildman–Crippen MR) is 50.6 cm³/mol. The molecule has 0 aliphatic heterocycles. The fourth-order valence-corrected chi connectivity index (χ4v) is 0.956. The van der Waals surface area contributed by atoms with Gasteiger partial charge in [0.25, 0.3) is 0 Å². The molecule has 0 aromatic carbocycles. The van der Waals surface area contributed by atoms with E-state index < -0.39 is 11.9 Å². The Labute approximate surface area is 83.4 Å². The normalized spacial score (nSPS) is 9.69. The zero-order valence-electron chi connectivity index (χ0n) is 7.85. The van der Waals surface area contributed by atoms with Crippen molar-refractivity contribution in [1.82, 2.24) is 0 Å². The first kappa shape index (κ1) is 12.4. The van der Waals surface area contributed by atoms with Gasteiger partial charge >= 0.3 is 11.9 Å². The highest BCUT2D eigenvalue weighted by atomic mass is 35.5. The smallest absolute Gasteiger partial charge is 0.328 e. The fourth-order valence-electron chi connectivity index (χ4n) is 0.901. The lowest BCUT2D eigenvalue weighted by atomic mass is 10.2. The molecule has 0 saturated heterocycles. The number of unbranched alkanes of at least 4 members (excludes halogenated alkanes) is 3. The summed E-state index contributed by atoms with van der Waals surface area (Å²) < 4.78 is 4.37. The molecule has 0 aromatic heterocycles. The van der Waals surface area contributed by atoms with E-state index in [4.69, 9.17) is 11.6 Å². The lowest BCUT2D eigenvalue weighted by Crippen LogP contribution is -2.12. The van der Waals surface area contributed by atoms with Crippen molar-refractivity contribution < 1.29 is 14.3 Å². The largest absolute Gasteiger partial charge is 0.392 e. The molecule has 13 heavy (non-hydrogen) atoms. The van der Waals surface area contributed by atoms with Crippen molar-refractivity contribution in [3.63, 3.8) is 0 Å². The van der Waals surface area contributed by atoms with E-state index in [2.05, 4.69) is 11.7 Å². The Morgan fingerprint density at radius 3 is 2.38 bits per heavy atom. The predicted octanol–water partition coefficient (Wildman–Crippen LogP) is 2.27. The third-order valence-electron chi connectivity index (χ3n) is 1.57. The number of rotatable bonds is 6. The Kier molecular flexibility index (Phi) is 7.69. The number of carbonyl (C=O) groups is 2. The first-order valence-electron chi connectivity index (χ1n) is 4.50. The second-order valence-electron chi connectivity index (χ2n) is 2.79. The quantitative estimate of drug-likeness (QED) is 0.290. The molecule has 76 valence electrons. The van der Waals surface area contributed by atoms with Gasteiger partial charge in [0.15, 0.2) is 0 Å². The van der Waals surface area contributed by atoms with Crippen LogP contribution >= 0.6 is 11.6 Å². The maximum atomic E-state index is 10.9. The molecule has 3 nitrogen and oxygen atoms in total. The van der Waals surface area contributed by atoms with Crippen LogP contribution in [0.1, 0.15) is 39.0 Å². The zero-order valence-corrected chi connectivity index (χ0v) is 8.60. The van der Waals surface area contributed by atoms with Crippen molar-refractivity contribution in [2.75, 3.05) is 5.88 Å². The molecule has 0 bridgehead atoms. The van der Waals surface area contributed by atoms with Crippen molar-refractivity contribution in [2.45, 2.75) is 39.0 Å². The number of esters is 2. The van der Waals surface area contributed by atoms with Crippen molar-refractivity contribution in [3.8, 4) is 0 Å². The lowest BCUT2D eigenvalue weighted by Gasteiger charge is -1.99. The number of hydrogen-bond donors (Lipinski definition) is 0. The van der Waals surface area contributed by atoms with Crippen LogP contribution in [0, 0.1) is 0 Å². The standard InChI is InChI=1S/C9H15ClO3/c1-2-3-4-5-6-8(11)13-9(12)7-10/h2-7H2,1H3. The summed E-state index contributed by atoms with van der Waals surface area (Å²) in [5.41, 5.74) is 0. The molecule has 0 aromatic rings. The van der Waals surface area contributed by atoms with Gasteiger partial charge in [0.1, 0.15) is 5.88 Å². The molecule has 0 aliphatic rings. The maximum absolute atomic E-state index is 10.9. The highest BCUT2D eigenvalue weighted by molar-refractivity contribution is 6.27. The minimum Gasteiger partial charge on any atom is -0.392 e. The van der Waals surface area contributed by atoms with Gasteiger partial charge in [0.05, 0.1) is 0 Å². The fraction of sp³-hybridized carbons (Fsp3) is 0.778. The van der Waals surface area contributed by atoms with Gasteiger partial charge in [-0.25, -0.2) is 0 Å². The van der Waals surface area contributed by atoms with Gasteiger partial charge in [-0.1, -0.05) is 26.2 Å². The van der Waals surface area contributed by atoms with E-state index in [-0.39, 0.29) is 5.88 Å². The Bertz CT molecular complexity index is 168. The average Bonchev–Trinajstić information content (AvgIpc) is 2.12. The van der Waals surface area contributed by atoms with Crippen LogP contribution in [0.3, 0.4) is 0 Å². The number of ether oxygens (including phenoxy) is 1. The van der Waals surface area contributed by atoms with Gasteiger partial charge in [-0.3, -0.25) is 9.59 Å². The Hall–Kier alpha value is -0.570. The molecular formula is C9H15ClO3. The summed E-state index contributed by atoms with van der Waals surface area (Å²) in [7, 11) is 0. The van der Waals surface area contributed by atoms with Crippen molar-refractivity contribution >= 4 is 23.5 Å². The van der Waals surface area contributed by atoms with Crippen molar-refractivity contribution in [1.29, 1.82) is 0 Å². The zero-order chi connectivity index (χ0) is 10.1. The number of alkyl halides is 1. The molecular weight excluding hydrogens is 192 g/mol. The SMILES string of the molecule is CCCCCCC(=O)OC(=O)CCl. The van der Waals surface area contributed by atoms with Crippen LogP contribution in [0.4, 0.5) is 0 Å². The Morgan fingerprint density at radius 2 is 1.85 bits per heavy atom. The van der Waals surface area contributed by atoms with E-state index in [1.54, 1.807) is 0 Å². The number of carbonyl (C=O) groups excluding carboxylic acids is 2. The lowest BCUT2D eigenvalue weighted by molar-refractivity contribution is -0.157. The minimum atomic E-state index is -0.665. The van der Waals surface area contributed by atoms with Gasteiger partial charge in [0, 0.05) is 6.42 Å². The van der Waals surface area contributed by atoms with Crippen LogP contribution in [0.25, 0.3) is 0 Å². The second kappa shape index (κ2) is 8.05. The summed E-state index contributed by atoms with van der Waals surface area (Å²) >= 11 is 5.15. The summed E-state index contributed by atoms with van der Waals surface area (Å²) in [6.45, 7) is 2.09. The Balaban J connectivity index is 3.35. The van der Waals surface area contributed by atoms with E-state index in [1.807, 2.05) is 0 Å². The van der Waals surface area contributed by atoms with Crippen LogP contribution in [-0.4, -0.2) is 17.8 Å². The molecule has 0 amide bonds. The van der Waals surface area contributed by atoms with Gasteiger partial charge in [-0.05, 0) is 6.42 Å². The second-order valence-corrected chi connectivity index (χ2v) is 3.06. The summed E-state index contributed by atoms with van der Waals surface area (Å²) in [5.74, 6) is -1.40. The molecule has 0 spiro atoms. The van der Waals surface area contributed by atoms with E-state index in [0.29, 0.717) is 6.42 Å². The van der Waals surface area contributed by atoms with Crippen LogP contribution in [-0.2, 0) is 14.3 Å². The minimum absolute atomic E-state index is 0.263. The van der Waals surface area contributed by atoms with E-state index in [0.717, 1.165) is 25.7 Å². The van der Waals surface area contributed by atoms with E-state index in [9.17, 15) is 9.59 Å². The molecule has 0 fully saturated rings. The summed E-state index contributed by atoms with van der Waals surface area (Å²) in [5, 5.41) is 0. The van der Waals surface area contributed by atoms with Crippen molar-refractivity contribution in [3.05, 3.63) is 0 Å². The van der Waals surface area contributed by atoms with Gasteiger partial charge in [-0.2, -0.15) is 0 Å². The van der Waals surface area contributed by atoms with Crippen LogP contribution in [0.2, 0.25) is 0 Å². The van der Waals surface area contributed by atoms with Gasteiger partial charge in [0.2, 0.25) is 0 Å². The van der Waals surface area contributed by atoms with Crippen molar-refractivity contribution in [2.24, 2.45) is 0 Å². The van der Waals surface area contributed by atoms with Gasteiger partial charge in [-0.15, -0.1) is 11.6 Å². The summed E-state index contributed by atoms with van der Waals surface area (Å²) in [6.07, 6.45) is 4.32. The van der Waals surface area contributed by atoms with Crippen LogP contribution in [0.5, 0.6) is 0 Å². The third-order valence-corrected chi connectivity index (χ3v) is 1.79. The van der Waals surface area contributed by atoms with Crippen LogP contribution < -0.4 is 0 Å². The van der Waals surface area contributed by atoms with E-state index >= 15 is 0 Å². The summed E-state index contributed by atoms with van der Waals surface area (Å²) in [6, 6.07) is 0. The average molecular weight is 207 g/mol. The molecule has 0 aliphatic carbocycles. The topological polar surface area (TPSA) is 43.4 Å². The number of hydrogen-bond acceptors (Lipinski definition) is 3. The number of halogens is 1. The maximum Gasteiger partial charge on any atom is 0.328 e. The molecule has 4 heteroatoms. The molecule has 0 radical (unpaired) electrons.